The van der Waals surface area contributed by atoms with Crippen LogP contribution in [0.15, 0.2) is 48.8 Å². The van der Waals surface area contributed by atoms with E-state index in [0.717, 1.165) is 65.6 Å². The third-order valence-electron chi connectivity index (χ3n) is 5.86. The third-order valence-corrected chi connectivity index (χ3v) is 5.86. The van der Waals surface area contributed by atoms with Gasteiger partial charge in [0.1, 0.15) is 30.3 Å². The molecule has 3 rings (SSSR count). The van der Waals surface area contributed by atoms with Gasteiger partial charge in [-0.2, -0.15) is 0 Å². The van der Waals surface area contributed by atoms with E-state index in [4.69, 9.17) is 14.2 Å². The Morgan fingerprint density at radius 3 is 2.46 bits per heavy atom. The molecule has 7 nitrogen and oxygen atoms in total. The topological polar surface area (TPSA) is 76.9 Å². The highest BCUT2D eigenvalue weighted by atomic mass is 16.6. The summed E-state index contributed by atoms with van der Waals surface area (Å²) in [5, 5.41) is 9.77. The lowest BCUT2D eigenvalue weighted by Crippen LogP contribution is -2.26. The maximum atomic E-state index is 9.77. The van der Waals surface area contributed by atoms with Crippen LogP contribution in [0.1, 0.15) is 43.4 Å². The van der Waals surface area contributed by atoms with Gasteiger partial charge >= 0.3 is 0 Å². The predicted octanol–water partition coefficient (Wildman–Crippen LogP) is 5.31. The molecule has 1 N–H and O–H groups in total. The molecule has 0 aliphatic heterocycles. The number of ether oxygens (including phenoxy) is 3. The van der Waals surface area contributed by atoms with E-state index in [9.17, 15) is 5.11 Å². The minimum atomic E-state index is -0.927. The number of rotatable bonds is 13. The van der Waals surface area contributed by atoms with Crippen molar-refractivity contribution in [3.8, 4) is 22.8 Å². The van der Waals surface area contributed by atoms with Gasteiger partial charge in [0.15, 0.2) is 6.29 Å². The van der Waals surface area contributed by atoms with Gasteiger partial charge in [-0.3, -0.25) is 0 Å². The minimum absolute atomic E-state index is 0.102. The van der Waals surface area contributed by atoms with Gasteiger partial charge in [-0.05, 0) is 68.7 Å². The van der Waals surface area contributed by atoms with Crippen LogP contribution >= 0.6 is 0 Å². The summed E-state index contributed by atoms with van der Waals surface area (Å²) in [6.45, 7) is 10.3. The summed E-state index contributed by atoms with van der Waals surface area (Å²) in [6.07, 6.45) is 2.88. The molecule has 3 aromatic rings. The number of aryl methyl sites for hydroxylation is 1. The fourth-order valence-corrected chi connectivity index (χ4v) is 4.00. The van der Waals surface area contributed by atoms with Crippen LogP contribution in [0.2, 0.25) is 0 Å². The normalized spacial score (nSPS) is 11.8. The first-order valence-corrected chi connectivity index (χ1v) is 12.2. The van der Waals surface area contributed by atoms with E-state index in [1.807, 2.05) is 44.2 Å². The molecule has 0 saturated carbocycles. The number of unbranched alkanes of at least 4 members (excludes halogenated alkanes) is 1. The van der Waals surface area contributed by atoms with E-state index >= 15 is 0 Å². The smallest absolute Gasteiger partial charge is 0.189 e. The predicted molar refractivity (Wildman–Crippen MR) is 139 cm³/mol. The molecule has 0 aliphatic carbocycles. The average molecular weight is 480 g/mol. The van der Waals surface area contributed by atoms with E-state index in [-0.39, 0.29) is 6.61 Å². The molecule has 0 spiro atoms. The van der Waals surface area contributed by atoms with Gasteiger partial charge in [-0.1, -0.05) is 25.5 Å². The number of aliphatic hydroxyl groups is 1. The molecule has 0 aliphatic rings. The Bertz CT molecular complexity index is 1070. The van der Waals surface area contributed by atoms with Crippen molar-refractivity contribution >= 4 is 5.82 Å². The lowest BCUT2D eigenvalue weighted by molar-refractivity contribution is -0.115. The molecule has 188 valence electrons. The summed E-state index contributed by atoms with van der Waals surface area (Å²) in [5.41, 5.74) is 5.19. The number of aliphatic hydroxyl groups excluding tert-OH is 1. The van der Waals surface area contributed by atoms with Crippen LogP contribution in [0.4, 0.5) is 5.82 Å². The highest BCUT2D eigenvalue weighted by Crippen LogP contribution is 2.30. The second-order valence-corrected chi connectivity index (χ2v) is 8.50. The monoisotopic (exact) mass is 479 g/mol. The van der Waals surface area contributed by atoms with E-state index < -0.39 is 6.29 Å². The summed E-state index contributed by atoms with van der Waals surface area (Å²) in [5.74, 6) is 2.50. The molecule has 1 unspecified atom stereocenters. The zero-order valence-electron chi connectivity index (χ0n) is 21.5. The Hall–Kier alpha value is -3.16. The van der Waals surface area contributed by atoms with Gasteiger partial charge in [-0.25, -0.2) is 9.97 Å². The Kier molecular flexibility index (Phi) is 9.87. The van der Waals surface area contributed by atoms with Gasteiger partial charge in [-0.15, -0.1) is 0 Å². The van der Waals surface area contributed by atoms with Gasteiger partial charge in [0.2, 0.25) is 0 Å². The van der Waals surface area contributed by atoms with Crippen molar-refractivity contribution in [1.82, 2.24) is 9.97 Å². The van der Waals surface area contributed by atoms with E-state index in [1.165, 1.54) is 5.56 Å². The highest BCUT2D eigenvalue weighted by Gasteiger charge is 2.16. The van der Waals surface area contributed by atoms with Crippen LogP contribution in [-0.2, 0) is 11.3 Å². The van der Waals surface area contributed by atoms with Crippen LogP contribution in [-0.4, -0.2) is 48.2 Å². The maximum Gasteiger partial charge on any atom is 0.189 e. The van der Waals surface area contributed by atoms with Crippen molar-refractivity contribution in [3.63, 3.8) is 0 Å². The van der Waals surface area contributed by atoms with Crippen LogP contribution in [0.3, 0.4) is 0 Å². The van der Waals surface area contributed by atoms with Crippen molar-refractivity contribution in [3.05, 3.63) is 65.5 Å². The summed E-state index contributed by atoms with van der Waals surface area (Å²) in [6, 6.07) is 14.1. The number of hydrogen-bond acceptors (Lipinski definition) is 7. The summed E-state index contributed by atoms with van der Waals surface area (Å²) >= 11 is 0. The molecular formula is C28H37N3O4. The second kappa shape index (κ2) is 13.1. The molecule has 35 heavy (non-hydrogen) atoms. The van der Waals surface area contributed by atoms with Gasteiger partial charge in [0.05, 0.1) is 12.8 Å². The number of methoxy groups -OCH3 is 1. The minimum Gasteiger partial charge on any atom is -0.497 e. The number of hydrogen-bond donors (Lipinski definition) is 1. The molecule has 0 radical (unpaired) electrons. The number of aromatic nitrogens is 2. The molecule has 0 amide bonds. The largest absolute Gasteiger partial charge is 0.497 e. The third kappa shape index (κ3) is 7.16. The van der Waals surface area contributed by atoms with Crippen LogP contribution in [0.25, 0.3) is 11.3 Å². The fourth-order valence-electron chi connectivity index (χ4n) is 4.00. The zero-order valence-corrected chi connectivity index (χ0v) is 21.5. The lowest BCUT2D eigenvalue weighted by Gasteiger charge is -2.26. The molecule has 1 atom stereocenters. The molecule has 1 heterocycles. The molecule has 2 aromatic carbocycles. The first kappa shape index (κ1) is 26.4. The number of benzene rings is 2. The Morgan fingerprint density at radius 1 is 1.03 bits per heavy atom. The van der Waals surface area contributed by atoms with Crippen LogP contribution < -0.4 is 14.4 Å². The van der Waals surface area contributed by atoms with Crippen LogP contribution in [0.5, 0.6) is 11.5 Å². The lowest BCUT2D eigenvalue weighted by atomic mass is 10.1. The van der Waals surface area contributed by atoms with Crippen molar-refractivity contribution in [2.24, 2.45) is 0 Å². The Morgan fingerprint density at radius 2 is 1.80 bits per heavy atom. The summed E-state index contributed by atoms with van der Waals surface area (Å²) in [4.78, 5) is 11.6. The zero-order chi connectivity index (χ0) is 25.2. The molecular weight excluding hydrogens is 442 g/mol. The van der Waals surface area contributed by atoms with E-state index in [2.05, 4.69) is 40.8 Å². The molecule has 0 bridgehead atoms. The van der Waals surface area contributed by atoms with Gasteiger partial charge < -0.3 is 24.2 Å². The van der Waals surface area contributed by atoms with Gasteiger partial charge in [0, 0.05) is 30.8 Å². The first-order valence-electron chi connectivity index (χ1n) is 12.2. The average Bonchev–Trinajstić information content (AvgIpc) is 2.86. The maximum absolute atomic E-state index is 9.77. The quantitative estimate of drug-likeness (QED) is 0.333. The molecule has 0 saturated heterocycles. The summed E-state index contributed by atoms with van der Waals surface area (Å²) < 4.78 is 16.2. The van der Waals surface area contributed by atoms with Crippen molar-refractivity contribution < 1.29 is 19.3 Å². The highest BCUT2D eigenvalue weighted by molar-refractivity contribution is 5.68. The first-order chi connectivity index (χ1) is 17.0. The SMILES string of the molecule is CCCCN(Cc1ccc(OCC(O)OCC)c(C)c1)c1ncnc(-c2ccc(OC)cc2)c1C. The second-order valence-electron chi connectivity index (χ2n) is 8.50. The van der Waals surface area contributed by atoms with Crippen molar-refractivity contribution in [1.29, 1.82) is 0 Å². The molecule has 0 fully saturated rings. The fraction of sp³-hybridized carbons (Fsp3) is 0.429. The van der Waals surface area contributed by atoms with E-state index in [1.54, 1.807) is 13.4 Å². The van der Waals surface area contributed by atoms with E-state index in [0.29, 0.717) is 6.61 Å². The van der Waals surface area contributed by atoms with Gasteiger partial charge in [0.25, 0.3) is 0 Å². The standard InChI is InChI=1S/C28H37N3O4/c1-6-8-15-31(17-22-9-14-25(20(3)16-22)35-18-26(32)34-7-2)28-21(4)27(29-19-30-28)23-10-12-24(33-5)13-11-23/h9-14,16,19,26,32H,6-8,15,17-18H2,1-5H3. The molecule has 7 heteroatoms. The molecule has 1 aromatic heterocycles. The van der Waals surface area contributed by atoms with Crippen molar-refractivity contribution in [2.75, 3.05) is 31.8 Å². The Labute approximate surface area is 208 Å². The number of anilines is 1. The van der Waals surface area contributed by atoms with Crippen LogP contribution in [0, 0.1) is 13.8 Å². The van der Waals surface area contributed by atoms with Crippen molar-refractivity contribution in [2.45, 2.75) is 53.4 Å². The Balaban J connectivity index is 1.82. The number of nitrogens with zero attached hydrogens (tertiary/aromatic N) is 3. The summed E-state index contributed by atoms with van der Waals surface area (Å²) in [7, 11) is 1.67.